The van der Waals surface area contributed by atoms with Crippen molar-refractivity contribution >= 4 is 11.9 Å². The molecule has 13 heteroatoms. The van der Waals surface area contributed by atoms with Crippen molar-refractivity contribution < 1.29 is 59.5 Å². The number of carboxylic acids is 1. The van der Waals surface area contributed by atoms with Gasteiger partial charge in [-0.25, -0.2) is 4.79 Å². The van der Waals surface area contributed by atoms with Crippen LogP contribution >= 0.6 is 0 Å². The van der Waals surface area contributed by atoms with Gasteiger partial charge in [-0.15, -0.1) is 0 Å². The van der Waals surface area contributed by atoms with Crippen LogP contribution in [0.4, 0.5) is 0 Å². The SMILES string of the molecule is CC(=O)NC1C(OC2OC(C(=O)O)C(O)C(O)C2O)C(O)C(CO)O[C@H]1O. The number of hydrogen-bond donors (Lipinski definition) is 8. The number of carbonyl (C=O) groups is 2. The Morgan fingerprint density at radius 2 is 1.63 bits per heavy atom. The maximum Gasteiger partial charge on any atom is 0.335 e. The first-order valence-electron chi connectivity index (χ1n) is 8.06. The largest absolute Gasteiger partial charge is 0.479 e. The molecule has 0 aliphatic carbocycles. The zero-order chi connectivity index (χ0) is 20.5. The molecule has 2 aliphatic rings. The number of amides is 1. The lowest BCUT2D eigenvalue weighted by Crippen LogP contribution is -2.67. The smallest absolute Gasteiger partial charge is 0.335 e. The zero-order valence-electron chi connectivity index (χ0n) is 14.2. The topological polar surface area (TPSA) is 215 Å². The van der Waals surface area contributed by atoms with Gasteiger partial charge in [0.15, 0.2) is 18.7 Å². The lowest BCUT2D eigenvalue weighted by Gasteiger charge is -2.46. The van der Waals surface area contributed by atoms with Crippen molar-refractivity contribution in [2.75, 3.05) is 6.61 Å². The molecule has 27 heavy (non-hydrogen) atoms. The normalized spacial score (nSPS) is 45.3. The van der Waals surface area contributed by atoms with E-state index in [-0.39, 0.29) is 0 Å². The van der Waals surface area contributed by atoms with Gasteiger partial charge in [-0.05, 0) is 0 Å². The van der Waals surface area contributed by atoms with Gasteiger partial charge in [0.25, 0.3) is 0 Å². The number of hydrogen-bond acceptors (Lipinski definition) is 11. The lowest BCUT2D eigenvalue weighted by atomic mass is 9.95. The molecule has 0 aromatic carbocycles. The molecule has 10 atom stereocenters. The Labute approximate surface area is 152 Å². The molecule has 2 aliphatic heterocycles. The predicted octanol–water partition coefficient (Wildman–Crippen LogP) is -5.16. The van der Waals surface area contributed by atoms with Crippen LogP contribution in [0, 0.1) is 0 Å². The van der Waals surface area contributed by atoms with Crippen LogP contribution in [0.15, 0.2) is 0 Å². The molecular weight excluding hydrogens is 374 g/mol. The van der Waals surface area contributed by atoms with E-state index in [0.717, 1.165) is 6.92 Å². The quantitative estimate of drug-likeness (QED) is 0.218. The second-order valence-corrected chi connectivity index (χ2v) is 6.30. The van der Waals surface area contributed by atoms with Crippen molar-refractivity contribution in [3.8, 4) is 0 Å². The summed E-state index contributed by atoms with van der Waals surface area (Å²) in [5.41, 5.74) is 0. The summed E-state index contributed by atoms with van der Waals surface area (Å²) < 4.78 is 15.3. The summed E-state index contributed by atoms with van der Waals surface area (Å²) in [7, 11) is 0. The number of aliphatic hydroxyl groups excluding tert-OH is 6. The van der Waals surface area contributed by atoms with Gasteiger partial charge >= 0.3 is 5.97 Å². The summed E-state index contributed by atoms with van der Waals surface area (Å²) >= 11 is 0. The van der Waals surface area contributed by atoms with E-state index < -0.39 is 79.8 Å². The highest BCUT2D eigenvalue weighted by Crippen LogP contribution is 2.28. The monoisotopic (exact) mass is 397 g/mol. The Bertz CT molecular complexity index is 546. The molecule has 0 bridgehead atoms. The average Bonchev–Trinajstić information content (AvgIpc) is 2.60. The Balaban J connectivity index is 2.25. The van der Waals surface area contributed by atoms with E-state index in [2.05, 4.69) is 5.32 Å². The van der Waals surface area contributed by atoms with Crippen LogP contribution in [-0.4, -0.2) is 116 Å². The highest BCUT2D eigenvalue weighted by molar-refractivity contribution is 5.73. The number of rotatable bonds is 5. The Kier molecular flexibility index (Phi) is 7.07. The molecule has 13 nitrogen and oxygen atoms in total. The predicted molar refractivity (Wildman–Crippen MR) is 80.8 cm³/mol. The van der Waals surface area contributed by atoms with E-state index >= 15 is 0 Å². The van der Waals surface area contributed by atoms with Crippen molar-refractivity contribution in [2.24, 2.45) is 0 Å². The first-order valence-corrected chi connectivity index (χ1v) is 8.06. The highest BCUT2D eigenvalue weighted by atomic mass is 16.7. The van der Waals surface area contributed by atoms with Crippen molar-refractivity contribution in [1.82, 2.24) is 5.32 Å². The van der Waals surface area contributed by atoms with Gasteiger partial charge in [-0.1, -0.05) is 0 Å². The van der Waals surface area contributed by atoms with Gasteiger partial charge in [0, 0.05) is 6.92 Å². The Morgan fingerprint density at radius 1 is 1.00 bits per heavy atom. The molecule has 2 fully saturated rings. The fourth-order valence-electron chi connectivity index (χ4n) is 2.95. The minimum atomic E-state index is -1.95. The number of nitrogens with one attached hydrogen (secondary N) is 1. The molecule has 0 spiro atoms. The summed E-state index contributed by atoms with van der Waals surface area (Å²) in [4.78, 5) is 22.5. The van der Waals surface area contributed by atoms with Crippen LogP contribution in [0.1, 0.15) is 6.92 Å². The second-order valence-electron chi connectivity index (χ2n) is 6.30. The summed E-state index contributed by atoms with van der Waals surface area (Å²) in [5, 5.41) is 70.4. The third-order valence-electron chi connectivity index (χ3n) is 4.35. The van der Waals surface area contributed by atoms with E-state index in [1.165, 1.54) is 0 Å². The molecule has 9 unspecified atom stereocenters. The molecule has 1 amide bonds. The summed E-state index contributed by atoms with van der Waals surface area (Å²) in [6.07, 6.45) is -15.8. The van der Waals surface area contributed by atoms with Crippen LogP contribution < -0.4 is 5.32 Å². The van der Waals surface area contributed by atoms with E-state index in [4.69, 9.17) is 19.3 Å². The van der Waals surface area contributed by atoms with Crippen molar-refractivity contribution in [1.29, 1.82) is 0 Å². The van der Waals surface area contributed by atoms with Crippen molar-refractivity contribution in [3.05, 3.63) is 0 Å². The molecular formula is C14H23NO12. The standard InChI is InChI=1S/C14H23NO12/c1-3(17)15-5-10(6(18)4(2-16)25-13(5)24)26-14-9(21)7(19)8(20)11(27-14)12(22)23/h4-11,13-14,16,18-21,24H,2H2,1H3,(H,15,17)(H,22,23)/t4?,5?,6?,7?,8?,9?,10?,11?,13-,14?/m1/s1. The maximum absolute atomic E-state index is 11.4. The van der Waals surface area contributed by atoms with Gasteiger partial charge in [-0.3, -0.25) is 4.79 Å². The zero-order valence-corrected chi connectivity index (χ0v) is 14.2. The maximum atomic E-state index is 11.4. The van der Waals surface area contributed by atoms with Gasteiger partial charge < -0.3 is 55.3 Å². The van der Waals surface area contributed by atoms with Gasteiger partial charge in [0.05, 0.1) is 6.61 Å². The van der Waals surface area contributed by atoms with Crippen molar-refractivity contribution in [3.63, 3.8) is 0 Å². The minimum Gasteiger partial charge on any atom is -0.479 e. The molecule has 0 aromatic rings. The highest BCUT2D eigenvalue weighted by Gasteiger charge is 2.52. The number of carbonyl (C=O) groups excluding carboxylic acids is 1. The molecule has 156 valence electrons. The van der Waals surface area contributed by atoms with Crippen LogP contribution in [0.3, 0.4) is 0 Å². The molecule has 8 N–H and O–H groups in total. The van der Waals surface area contributed by atoms with Gasteiger partial charge in [-0.2, -0.15) is 0 Å². The Morgan fingerprint density at radius 3 is 2.15 bits per heavy atom. The van der Waals surface area contributed by atoms with E-state index in [0.29, 0.717) is 0 Å². The molecule has 0 aromatic heterocycles. The minimum absolute atomic E-state index is 0.630. The lowest BCUT2D eigenvalue weighted by molar-refractivity contribution is -0.336. The van der Waals surface area contributed by atoms with Crippen LogP contribution in [0.25, 0.3) is 0 Å². The fraction of sp³-hybridized carbons (Fsp3) is 0.857. The fourth-order valence-corrected chi connectivity index (χ4v) is 2.95. The molecule has 2 rings (SSSR count). The average molecular weight is 397 g/mol. The number of ether oxygens (including phenoxy) is 3. The van der Waals surface area contributed by atoms with E-state index in [9.17, 15) is 40.2 Å². The van der Waals surface area contributed by atoms with Crippen LogP contribution in [-0.2, 0) is 23.8 Å². The van der Waals surface area contributed by atoms with E-state index in [1.807, 2.05) is 0 Å². The third-order valence-corrected chi connectivity index (χ3v) is 4.35. The molecule has 0 saturated carbocycles. The molecule has 2 heterocycles. The van der Waals surface area contributed by atoms with Crippen molar-refractivity contribution in [2.45, 2.75) is 68.3 Å². The third kappa shape index (κ3) is 4.53. The van der Waals surface area contributed by atoms with Gasteiger partial charge in [0.2, 0.25) is 5.91 Å². The van der Waals surface area contributed by atoms with Gasteiger partial charge in [0.1, 0.15) is 42.7 Å². The molecule has 0 radical (unpaired) electrons. The second kappa shape index (κ2) is 8.72. The van der Waals surface area contributed by atoms with E-state index in [1.54, 1.807) is 0 Å². The van der Waals surface area contributed by atoms with Crippen LogP contribution in [0.2, 0.25) is 0 Å². The molecule has 2 saturated heterocycles. The number of aliphatic carboxylic acids is 1. The number of aliphatic hydroxyl groups is 6. The van der Waals surface area contributed by atoms with Crippen LogP contribution in [0.5, 0.6) is 0 Å². The summed E-state index contributed by atoms with van der Waals surface area (Å²) in [6.45, 7) is 0.388. The number of carboxylic acid groups (broad SMARTS) is 1. The first kappa shape index (κ1) is 21.9. The first-order chi connectivity index (χ1) is 12.6. The summed E-state index contributed by atoms with van der Waals surface area (Å²) in [5.74, 6) is -2.27. The summed E-state index contributed by atoms with van der Waals surface area (Å²) in [6, 6.07) is -1.37. The Hall–Kier alpha value is -1.42.